The molecule has 46 heavy (non-hydrogen) atoms. The fraction of sp³-hybridized carbons (Fsp3) is 0.444. The number of para-hydroxylation sites is 1. The predicted octanol–water partition coefficient (Wildman–Crippen LogP) is -0.581. The molecule has 1 rings (SSSR count). The second-order valence-corrected chi connectivity index (χ2v) is 12.8. The van der Waals surface area contributed by atoms with Crippen LogP contribution in [0, 0.1) is 0 Å². The molecular formula is C27H35N5O10S4. The molecule has 1 aromatic carbocycles. The highest BCUT2D eigenvalue weighted by Crippen LogP contribution is 2.25. The molecule has 0 saturated carbocycles. The number of carbonyl (C=O) groups is 9. The van der Waals surface area contributed by atoms with Crippen LogP contribution < -0.4 is 31.7 Å². The molecule has 0 spiro atoms. The zero-order valence-electron chi connectivity index (χ0n) is 25.3. The van der Waals surface area contributed by atoms with Crippen molar-refractivity contribution in [3.8, 4) is 5.75 Å². The van der Waals surface area contributed by atoms with E-state index in [1.54, 1.807) is 0 Å². The number of carbonyl (C=O) groups excluding carboxylic acids is 9. The van der Waals surface area contributed by atoms with Gasteiger partial charge in [-0.25, -0.2) is 4.79 Å². The summed E-state index contributed by atoms with van der Waals surface area (Å²) in [4.78, 5) is 109. The van der Waals surface area contributed by atoms with E-state index in [1.807, 2.05) is 0 Å². The summed E-state index contributed by atoms with van der Waals surface area (Å²) in [6, 6.07) is 1.15. The Morgan fingerprint density at radius 2 is 1.11 bits per heavy atom. The number of benzene rings is 1. The molecular weight excluding hydrogens is 683 g/mol. The number of rotatable bonds is 17. The van der Waals surface area contributed by atoms with Gasteiger partial charge in [0.2, 0.25) is 44.9 Å². The van der Waals surface area contributed by atoms with Crippen LogP contribution in [0.15, 0.2) is 24.3 Å². The Bertz CT molecular complexity index is 1350. The SMILES string of the molecule is CC(=O)NC(CSC(=O)C(CSC(=O)c1ccccc1OC(=O)C(CSC(=O)C(CS)NC(C)=O)NC(C)=O)NC(C)=O)C(N)=O. The summed E-state index contributed by atoms with van der Waals surface area (Å²) >= 11 is 6.00. The van der Waals surface area contributed by atoms with Crippen molar-refractivity contribution < 1.29 is 47.9 Å². The van der Waals surface area contributed by atoms with Gasteiger partial charge in [0.05, 0.1) is 5.56 Å². The lowest BCUT2D eigenvalue weighted by Gasteiger charge is -2.19. The molecule has 0 aliphatic carbocycles. The molecule has 5 amide bonds. The van der Waals surface area contributed by atoms with Gasteiger partial charge in [0.15, 0.2) is 0 Å². The first-order chi connectivity index (χ1) is 21.5. The number of thioether (sulfide) groups is 3. The number of nitrogens with two attached hydrogens (primary N) is 1. The van der Waals surface area contributed by atoms with Crippen molar-refractivity contribution >= 4 is 98.8 Å². The molecule has 0 fully saturated rings. The monoisotopic (exact) mass is 717 g/mol. The van der Waals surface area contributed by atoms with Crippen molar-refractivity contribution in [3.63, 3.8) is 0 Å². The number of esters is 1. The maximum Gasteiger partial charge on any atom is 0.334 e. The Balaban J connectivity index is 3.02. The molecule has 0 saturated heterocycles. The highest BCUT2D eigenvalue weighted by atomic mass is 32.2. The van der Waals surface area contributed by atoms with Gasteiger partial charge in [-0.15, -0.1) is 0 Å². The molecule has 19 heteroatoms. The number of nitrogens with one attached hydrogen (secondary N) is 4. The third-order valence-electron chi connectivity index (χ3n) is 5.37. The molecule has 0 aliphatic heterocycles. The van der Waals surface area contributed by atoms with Crippen LogP contribution in [0.25, 0.3) is 0 Å². The van der Waals surface area contributed by atoms with Gasteiger partial charge >= 0.3 is 5.97 Å². The summed E-state index contributed by atoms with van der Waals surface area (Å²) in [7, 11) is 0. The number of primary amides is 1. The Kier molecular flexibility index (Phi) is 18.1. The lowest BCUT2D eigenvalue weighted by atomic mass is 10.2. The van der Waals surface area contributed by atoms with Gasteiger partial charge in [-0.3, -0.25) is 38.4 Å². The van der Waals surface area contributed by atoms with E-state index in [9.17, 15) is 43.2 Å². The lowest BCUT2D eigenvalue weighted by Crippen LogP contribution is -2.46. The van der Waals surface area contributed by atoms with Crippen LogP contribution in [0.5, 0.6) is 5.75 Å². The number of hydrogen-bond acceptors (Lipinski definition) is 14. The predicted molar refractivity (Wildman–Crippen MR) is 177 cm³/mol. The lowest BCUT2D eigenvalue weighted by molar-refractivity contribution is -0.138. The zero-order chi connectivity index (χ0) is 35.0. The molecule has 15 nitrogen and oxygen atoms in total. The second kappa shape index (κ2) is 20.5. The molecule has 0 aliphatic rings. The van der Waals surface area contributed by atoms with Crippen LogP contribution in [0.2, 0.25) is 0 Å². The van der Waals surface area contributed by atoms with Gasteiger partial charge in [0, 0.05) is 50.7 Å². The molecule has 4 atom stereocenters. The van der Waals surface area contributed by atoms with E-state index < -0.39 is 75.0 Å². The van der Waals surface area contributed by atoms with E-state index in [-0.39, 0.29) is 34.3 Å². The number of thiol groups is 1. The minimum Gasteiger partial charge on any atom is -0.424 e. The van der Waals surface area contributed by atoms with E-state index in [4.69, 9.17) is 10.5 Å². The molecule has 0 heterocycles. The summed E-state index contributed by atoms with van der Waals surface area (Å²) in [6.07, 6.45) is 0. The zero-order valence-corrected chi connectivity index (χ0v) is 28.6. The van der Waals surface area contributed by atoms with Crippen molar-refractivity contribution in [3.05, 3.63) is 29.8 Å². The minimum atomic E-state index is -1.30. The molecule has 4 unspecified atom stereocenters. The molecule has 1 aromatic rings. The standard InChI is InChI=1S/C27H35N5O10S4/c1-13(33)29-18(9-43)26(40)46-11-20(31-15(3)35)24(38)42-22-8-6-5-7-17(22)25(39)44-12-21(32-16(4)36)27(41)45-10-19(23(28)37)30-14(2)34/h5-8,18-21,43H,9-12H2,1-4H3,(H2,28,37)(H,29,33)(H,30,34)(H,31,35)(H,32,36). The Hall–Kier alpha value is -3.55. The molecule has 252 valence electrons. The van der Waals surface area contributed by atoms with Crippen LogP contribution in [0.3, 0.4) is 0 Å². The van der Waals surface area contributed by atoms with Gasteiger partial charge in [-0.1, -0.05) is 47.4 Å². The van der Waals surface area contributed by atoms with Crippen LogP contribution in [0.1, 0.15) is 38.1 Å². The third-order valence-corrected chi connectivity index (χ3v) is 8.86. The molecule has 6 N–H and O–H groups in total. The third kappa shape index (κ3) is 15.2. The minimum absolute atomic E-state index is 0.00582. The summed E-state index contributed by atoms with van der Waals surface area (Å²) in [5.74, 6) is -4.82. The fourth-order valence-corrected chi connectivity index (χ4v) is 6.54. The first kappa shape index (κ1) is 40.5. The van der Waals surface area contributed by atoms with Gasteiger partial charge in [0.1, 0.15) is 29.9 Å². The fourth-order valence-electron chi connectivity index (χ4n) is 3.37. The van der Waals surface area contributed by atoms with Crippen molar-refractivity contribution in [1.82, 2.24) is 21.3 Å². The summed E-state index contributed by atoms with van der Waals surface area (Å²) in [5, 5.41) is 7.86. The second-order valence-electron chi connectivity index (χ2n) is 9.37. The highest BCUT2D eigenvalue weighted by Gasteiger charge is 2.29. The number of ether oxygens (including phenoxy) is 1. The quantitative estimate of drug-likeness (QED) is 0.0673. The molecule has 0 aromatic heterocycles. The summed E-state index contributed by atoms with van der Waals surface area (Å²) < 4.78 is 5.43. The van der Waals surface area contributed by atoms with E-state index in [0.29, 0.717) is 35.3 Å². The first-order valence-corrected chi connectivity index (χ1v) is 16.9. The van der Waals surface area contributed by atoms with Crippen molar-refractivity contribution in [1.29, 1.82) is 0 Å². The smallest absolute Gasteiger partial charge is 0.334 e. The summed E-state index contributed by atoms with van der Waals surface area (Å²) in [6.45, 7) is 4.74. The van der Waals surface area contributed by atoms with Crippen molar-refractivity contribution in [2.45, 2.75) is 51.9 Å². The Morgan fingerprint density at radius 3 is 1.63 bits per heavy atom. The first-order valence-electron chi connectivity index (χ1n) is 13.3. The highest BCUT2D eigenvalue weighted by molar-refractivity contribution is 8.15. The van der Waals surface area contributed by atoms with Gasteiger partial charge in [0.25, 0.3) is 0 Å². The van der Waals surface area contributed by atoms with Gasteiger partial charge in [-0.2, -0.15) is 12.6 Å². The molecule has 0 radical (unpaired) electrons. The van der Waals surface area contributed by atoms with Crippen LogP contribution in [-0.2, 0) is 38.4 Å². The van der Waals surface area contributed by atoms with E-state index in [1.165, 1.54) is 45.0 Å². The Labute approximate surface area is 283 Å². The van der Waals surface area contributed by atoms with Crippen LogP contribution >= 0.6 is 47.9 Å². The number of hydrogen-bond donors (Lipinski definition) is 6. The van der Waals surface area contributed by atoms with Crippen LogP contribution in [-0.4, -0.2) is 98.0 Å². The van der Waals surface area contributed by atoms with Gasteiger partial charge in [-0.05, 0) is 12.1 Å². The Morgan fingerprint density at radius 1 is 0.674 bits per heavy atom. The number of amides is 5. The van der Waals surface area contributed by atoms with Crippen molar-refractivity contribution in [2.75, 3.05) is 23.0 Å². The average molecular weight is 718 g/mol. The van der Waals surface area contributed by atoms with E-state index in [2.05, 4.69) is 33.9 Å². The normalized spacial score (nSPS) is 13.2. The van der Waals surface area contributed by atoms with E-state index >= 15 is 0 Å². The maximum atomic E-state index is 13.2. The summed E-state index contributed by atoms with van der Waals surface area (Å²) in [5.41, 5.74) is 5.20. The van der Waals surface area contributed by atoms with E-state index in [0.717, 1.165) is 6.92 Å². The molecule has 0 bridgehead atoms. The average Bonchev–Trinajstić information content (AvgIpc) is 2.97. The topological polar surface area (TPSA) is 237 Å². The van der Waals surface area contributed by atoms with Crippen LogP contribution in [0.4, 0.5) is 0 Å². The van der Waals surface area contributed by atoms with Gasteiger partial charge < -0.3 is 31.7 Å². The largest absolute Gasteiger partial charge is 0.424 e. The van der Waals surface area contributed by atoms with Crippen molar-refractivity contribution in [2.24, 2.45) is 5.73 Å². The maximum absolute atomic E-state index is 13.2.